The summed E-state index contributed by atoms with van der Waals surface area (Å²) in [5.41, 5.74) is 2.36. The van der Waals surface area contributed by atoms with Crippen molar-refractivity contribution in [3.63, 3.8) is 0 Å². The molecule has 0 radical (unpaired) electrons. The van der Waals surface area contributed by atoms with Crippen molar-refractivity contribution in [3.05, 3.63) is 58.2 Å². The van der Waals surface area contributed by atoms with Gasteiger partial charge in [-0.15, -0.1) is 0 Å². The van der Waals surface area contributed by atoms with E-state index in [0.29, 0.717) is 21.5 Å². The number of aromatic amines is 1. The molecule has 0 aliphatic rings. The van der Waals surface area contributed by atoms with Gasteiger partial charge in [0.25, 0.3) is 5.88 Å². The van der Waals surface area contributed by atoms with E-state index in [9.17, 15) is 0 Å². The number of nitrogens with one attached hydrogen (secondary N) is 1. The van der Waals surface area contributed by atoms with Crippen molar-refractivity contribution in [3.8, 4) is 22.8 Å². The zero-order chi connectivity index (χ0) is 15.5. The maximum Gasteiger partial charge on any atom is 0.264 e. The smallest absolute Gasteiger partial charge is 0.264 e. The van der Waals surface area contributed by atoms with Crippen LogP contribution in [0.2, 0.25) is 10.0 Å². The van der Waals surface area contributed by atoms with Gasteiger partial charge in [-0.1, -0.05) is 51.7 Å². The largest absolute Gasteiger partial charge is 0.436 e. The second-order valence-electron chi connectivity index (χ2n) is 4.51. The first-order valence-corrected chi connectivity index (χ1v) is 7.17. The van der Waals surface area contributed by atoms with Gasteiger partial charge < -0.3 is 9.84 Å². The standard InChI is InChI=1S/C15H11Cl2N3O2/c16-12-6-3-10(7-13(12)17)9-1-4-11(5-2-9)22-15-14(8-21)18-20-19-15/h1-7,21H,8H2,(H,18,19,20). The molecule has 7 heteroatoms. The quantitative estimate of drug-likeness (QED) is 0.754. The number of aliphatic hydroxyl groups excluding tert-OH is 1. The molecule has 0 aliphatic carbocycles. The molecular formula is C15H11Cl2N3O2. The second-order valence-corrected chi connectivity index (χ2v) is 5.32. The number of aliphatic hydroxyl groups is 1. The average molecular weight is 336 g/mol. The van der Waals surface area contributed by atoms with Gasteiger partial charge in [-0.05, 0) is 35.4 Å². The Morgan fingerprint density at radius 1 is 1.00 bits per heavy atom. The van der Waals surface area contributed by atoms with Gasteiger partial charge in [-0.3, -0.25) is 5.10 Å². The summed E-state index contributed by atoms with van der Waals surface area (Å²) < 4.78 is 5.56. The van der Waals surface area contributed by atoms with Crippen LogP contribution < -0.4 is 4.74 Å². The Morgan fingerprint density at radius 3 is 2.41 bits per heavy atom. The molecule has 0 saturated heterocycles. The SMILES string of the molecule is OCc1[nH]nnc1Oc1ccc(-c2ccc(Cl)c(Cl)c2)cc1. The number of halogens is 2. The lowest BCUT2D eigenvalue weighted by molar-refractivity contribution is 0.271. The van der Waals surface area contributed by atoms with Gasteiger partial charge >= 0.3 is 0 Å². The van der Waals surface area contributed by atoms with Crippen molar-refractivity contribution in [2.45, 2.75) is 6.61 Å². The molecular weight excluding hydrogens is 325 g/mol. The molecule has 22 heavy (non-hydrogen) atoms. The summed E-state index contributed by atoms with van der Waals surface area (Å²) in [5.74, 6) is 0.845. The summed E-state index contributed by atoms with van der Waals surface area (Å²) in [6.45, 7) is -0.219. The van der Waals surface area contributed by atoms with E-state index >= 15 is 0 Å². The maximum atomic E-state index is 9.11. The molecule has 3 aromatic rings. The molecule has 0 atom stereocenters. The fourth-order valence-corrected chi connectivity index (χ4v) is 2.22. The first kappa shape index (κ1) is 14.8. The molecule has 2 N–H and O–H groups in total. The van der Waals surface area contributed by atoms with Crippen LogP contribution in [-0.4, -0.2) is 20.5 Å². The van der Waals surface area contributed by atoms with Crippen LogP contribution in [0.25, 0.3) is 11.1 Å². The van der Waals surface area contributed by atoms with Gasteiger partial charge in [0.05, 0.1) is 16.7 Å². The Labute approximate surface area is 136 Å². The molecule has 0 aliphatic heterocycles. The van der Waals surface area contributed by atoms with Crippen molar-refractivity contribution in [2.24, 2.45) is 0 Å². The van der Waals surface area contributed by atoms with E-state index in [1.54, 1.807) is 24.3 Å². The molecule has 5 nitrogen and oxygen atoms in total. The van der Waals surface area contributed by atoms with Crippen molar-refractivity contribution in [1.82, 2.24) is 15.4 Å². The molecule has 112 valence electrons. The molecule has 0 spiro atoms. The molecule has 0 unspecified atom stereocenters. The van der Waals surface area contributed by atoms with Gasteiger partial charge in [0.15, 0.2) is 0 Å². The molecule has 0 bridgehead atoms. The topological polar surface area (TPSA) is 71.0 Å². The number of nitrogens with zero attached hydrogens (tertiary/aromatic N) is 2. The van der Waals surface area contributed by atoms with E-state index in [4.69, 9.17) is 33.0 Å². The zero-order valence-corrected chi connectivity index (χ0v) is 12.8. The van der Waals surface area contributed by atoms with E-state index in [2.05, 4.69) is 15.4 Å². The van der Waals surface area contributed by atoms with Gasteiger partial charge in [-0.2, -0.15) is 0 Å². The monoisotopic (exact) mass is 335 g/mol. The van der Waals surface area contributed by atoms with Crippen LogP contribution in [0.5, 0.6) is 11.6 Å². The summed E-state index contributed by atoms with van der Waals surface area (Å²) in [6, 6.07) is 12.8. The normalized spacial score (nSPS) is 10.7. The van der Waals surface area contributed by atoms with Crippen LogP contribution in [-0.2, 0) is 6.61 Å². The fraction of sp³-hybridized carbons (Fsp3) is 0.0667. The molecule has 0 saturated carbocycles. The van der Waals surface area contributed by atoms with Crippen molar-refractivity contribution in [1.29, 1.82) is 0 Å². The Morgan fingerprint density at radius 2 is 1.73 bits per heavy atom. The number of hydrogen-bond donors (Lipinski definition) is 2. The van der Waals surface area contributed by atoms with Gasteiger partial charge in [0.2, 0.25) is 0 Å². The van der Waals surface area contributed by atoms with E-state index in [-0.39, 0.29) is 12.5 Å². The number of ether oxygens (including phenoxy) is 1. The summed E-state index contributed by atoms with van der Waals surface area (Å²) in [6.07, 6.45) is 0. The maximum absolute atomic E-state index is 9.11. The number of benzene rings is 2. The summed E-state index contributed by atoms with van der Waals surface area (Å²) in [4.78, 5) is 0. The Hall–Kier alpha value is -2.08. The molecule has 0 fully saturated rings. The second kappa shape index (κ2) is 6.36. The highest BCUT2D eigenvalue weighted by Crippen LogP contribution is 2.30. The molecule has 3 rings (SSSR count). The number of hydrogen-bond acceptors (Lipinski definition) is 4. The van der Waals surface area contributed by atoms with E-state index in [0.717, 1.165) is 11.1 Å². The van der Waals surface area contributed by atoms with E-state index < -0.39 is 0 Å². The molecule has 1 aromatic heterocycles. The number of rotatable bonds is 4. The summed E-state index contributed by atoms with van der Waals surface area (Å²) in [7, 11) is 0. The Balaban J connectivity index is 1.82. The van der Waals surface area contributed by atoms with Crippen molar-refractivity contribution < 1.29 is 9.84 Å². The Bertz CT molecular complexity index is 788. The van der Waals surface area contributed by atoms with Gasteiger partial charge in [0, 0.05) is 0 Å². The lowest BCUT2D eigenvalue weighted by Crippen LogP contribution is -1.90. The van der Waals surface area contributed by atoms with Crippen molar-refractivity contribution in [2.75, 3.05) is 0 Å². The highest BCUT2D eigenvalue weighted by molar-refractivity contribution is 6.42. The first-order chi connectivity index (χ1) is 10.7. The van der Waals surface area contributed by atoms with Crippen LogP contribution in [0.3, 0.4) is 0 Å². The zero-order valence-electron chi connectivity index (χ0n) is 11.3. The summed E-state index contributed by atoms with van der Waals surface area (Å²) >= 11 is 11.9. The molecule has 0 amide bonds. The minimum absolute atomic E-state index is 0.219. The third kappa shape index (κ3) is 3.06. The van der Waals surface area contributed by atoms with Crippen molar-refractivity contribution >= 4 is 23.2 Å². The highest BCUT2D eigenvalue weighted by atomic mass is 35.5. The van der Waals surface area contributed by atoms with Crippen LogP contribution in [0.1, 0.15) is 5.69 Å². The highest BCUT2D eigenvalue weighted by Gasteiger charge is 2.09. The third-order valence-corrected chi connectivity index (χ3v) is 3.80. The summed E-state index contributed by atoms with van der Waals surface area (Å²) in [5, 5.41) is 20.1. The van der Waals surface area contributed by atoms with Gasteiger partial charge in [-0.25, -0.2) is 0 Å². The van der Waals surface area contributed by atoms with Crippen LogP contribution >= 0.6 is 23.2 Å². The minimum atomic E-state index is -0.219. The fourth-order valence-electron chi connectivity index (χ4n) is 1.93. The predicted octanol–water partition coefficient (Wildman–Crippen LogP) is 4.06. The minimum Gasteiger partial charge on any atom is -0.436 e. The average Bonchev–Trinajstić information content (AvgIpc) is 2.98. The lowest BCUT2D eigenvalue weighted by atomic mass is 10.1. The van der Waals surface area contributed by atoms with Crippen LogP contribution in [0, 0.1) is 0 Å². The van der Waals surface area contributed by atoms with Crippen LogP contribution in [0.15, 0.2) is 42.5 Å². The predicted molar refractivity (Wildman–Crippen MR) is 84.3 cm³/mol. The van der Waals surface area contributed by atoms with E-state index in [1.807, 2.05) is 18.2 Å². The number of aromatic nitrogens is 3. The molecule has 2 aromatic carbocycles. The van der Waals surface area contributed by atoms with Crippen LogP contribution in [0.4, 0.5) is 0 Å². The number of H-pyrrole nitrogens is 1. The Kier molecular flexibility index (Phi) is 4.29. The molecule has 1 heterocycles. The lowest BCUT2D eigenvalue weighted by Gasteiger charge is -2.06. The third-order valence-electron chi connectivity index (χ3n) is 3.06. The van der Waals surface area contributed by atoms with Gasteiger partial charge in [0.1, 0.15) is 11.4 Å². The first-order valence-electron chi connectivity index (χ1n) is 6.41. The van der Waals surface area contributed by atoms with E-state index in [1.165, 1.54) is 0 Å².